The van der Waals surface area contributed by atoms with E-state index >= 15 is 0 Å². The standard InChI is InChI=1S/C26H29NO3/c1-28-23-14-20-15-25(26(12-5-6-13-26)30-22(20)16-24(23)29-2)27-17-19-10-7-9-18-8-3-4-11-21(18)19/h3-4,7-11,14,16,25,27H,5-6,12-13,15,17H2,1-2H3. The van der Waals surface area contributed by atoms with Gasteiger partial charge < -0.3 is 19.5 Å². The molecule has 1 spiro atoms. The lowest BCUT2D eigenvalue weighted by atomic mass is 9.84. The Hall–Kier alpha value is -2.72. The average Bonchev–Trinajstić information content (AvgIpc) is 3.25. The summed E-state index contributed by atoms with van der Waals surface area (Å²) in [4.78, 5) is 0. The molecule has 0 saturated heterocycles. The number of hydrogen-bond donors (Lipinski definition) is 1. The fraction of sp³-hybridized carbons (Fsp3) is 0.385. The van der Waals surface area contributed by atoms with Gasteiger partial charge in [0, 0.05) is 12.6 Å². The third-order valence-corrected chi connectivity index (χ3v) is 6.81. The van der Waals surface area contributed by atoms with Gasteiger partial charge in [-0.25, -0.2) is 0 Å². The number of rotatable bonds is 5. The maximum absolute atomic E-state index is 6.71. The van der Waals surface area contributed by atoms with Gasteiger partial charge in [0.1, 0.15) is 11.4 Å². The molecule has 5 rings (SSSR count). The van der Waals surface area contributed by atoms with Gasteiger partial charge in [0.25, 0.3) is 0 Å². The molecule has 1 aliphatic carbocycles. The average molecular weight is 404 g/mol. The van der Waals surface area contributed by atoms with Gasteiger partial charge in [-0.05, 0) is 60.1 Å². The molecule has 0 aromatic heterocycles. The summed E-state index contributed by atoms with van der Waals surface area (Å²) in [7, 11) is 3.36. The number of nitrogens with one attached hydrogen (secondary N) is 1. The van der Waals surface area contributed by atoms with Gasteiger partial charge in [0.05, 0.1) is 20.3 Å². The van der Waals surface area contributed by atoms with Gasteiger partial charge in [0.2, 0.25) is 0 Å². The van der Waals surface area contributed by atoms with E-state index in [1.807, 2.05) is 6.07 Å². The number of fused-ring (bicyclic) bond motifs is 2. The molecule has 1 saturated carbocycles. The summed E-state index contributed by atoms with van der Waals surface area (Å²) in [5.74, 6) is 2.43. The highest BCUT2D eigenvalue weighted by Gasteiger charge is 2.46. The Labute approximate surface area is 178 Å². The lowest BCUT2D eigenvalue weighted by Gasteiger charge is -2.43. The summed E-state index contributed by atoms with van der Waals surface area (Å²) in [6, 6.07) is 19.5. The van der Waals surface area contributed by atoms with Crippen LogP contribution in [-0.4, -0.2) is 25.9 Å². The zero-order valence-electron chi connectivity index (χ0n) is 17.7. The Bertz CT molecular complexity index is 1050. The highest BCUT2D eigenvalue weighted by Crippen LogP contribution is 2.46. The van der Waals surface area contributed by atoms with E-state index in [9.17, 15) is 0 Å². The van der Waals surface area contributed by atoms with Gasteiger partial charge >= 0.3 is 0 Å². The number of hydrogen-bond acceptors (Lipinski definition) is 4. The summed E-state index contributed by atoms with van der Waals surface area (Å²) < 4.78 is 17.7. The Morgan fingerprint density at radius 3 is 2.50 bits per heavy atom. The molecule has 4 nitrogen and oxygen atoms in total. The van der Waals surface area contributed by atoms with Crippen molar-refractivity contribution < 1.29 is 14.2 Å². The number of methoxy groups -OCH3 is 2. The number of ether oxygens (including phenoxy) is 3. The van der Waals surface area contributed by atoms with Crippen LogP contribution in [0.25, 0.3) is 10.8 Å². The zero-order valence-corrected chi connectivity index (χ0v) is 17.7. The van der Waals surface area contributed by atoms with Crippen molar-refractivity contribution in [3.8, 4) is 17.2 Å². The summed E-state index contributed by atoms with van der Waals surface area (Å²) in [5, 5.41) is 6.48. The molecule has 1 fully saturated rings. The minimum atomic E-state index is -0.142. The van der Waals surface area contributed by atoms with Crippen molar-refractivity contribution in [2.45, 2.75) is 50.3 Å². The van der Waals surface area contributed by atoms with E-state index in [0.29, 0.717) is 0 Å². The van der Waals surface area contributed by atoms with Crippen molar-refractivity contribution in [1.82, 2.24) is 5.32 Å². The van der Waals surface area contributed by atoms with E-state index in [1.54, 1.807) is 14.2 Å². The van der Waals surface area contributed by atoms with Crippen LogP contribution in [0.4, 0.5) is 0 Å². The van der Waals surface area contributed by atoms with Gasteiger partial charge in [0.15, 0.2) is 11.5 Å². The quantitative estimate of drug-likeness (QED) is 0.631. The molecule has 0 amide bonds. The molecule has 2 aliphatic rings. The molecule has 30 heavy (non-hydrogen) atoms. The summed E-state index contributed by atoms with van der Waals surface area (Å²) >= 11 is 0. The molecule has 1 atom stereocenters. The maximum atomic E-state index is 6.71. The molecule has 3 aromatic carbocycles. The third kappa shape index (κ3) is 3.29. The van der Waals surface area contributed by atoms with Crippen molar-refractivity contribution in [3.63, 3.8) is 0 Å². The van der Waals surface area contributed by atoms with Crippen LogP contribution in [-0.2, 0) is 13.0 Å². The van der Waals surface area contributed by atoms with Crippen molar-refractivity contribution in [2.75, 3.05) is 14.2 Å². The van der Waals surface area contributed by atoms with Crippen LogP contribution in [0.15, 0.2) is 54.6 Å². The van der Waals surface area contributed by atoms with E-state index in [0.717, 1.165) is 43.1 Å². The molecule has 1 N–H and O–H groups in total. The normalized spacial score (nSPS) is 19.5. The van der Waals surface area contributed by atoms with Gasteiger partial charge in [-0.2, -0.15) is 0 Å². The summed E-state index contributed by atoms with van der Waals surface area (Å²) in [6.45, 7) is 0.833. The van der Waals surface area contributed by atoms with Crippen LogP contribution in [0.5, 0.6) is 17.2 Å². The third-order valence-electron chi connectivity index (χ3n) is 6.81. The molecular formula is C26H29NO3. The first kappa shape index (κ1) is 19.3. The van der Waals surface area contributed by atoms with Crippen molar-refractivity contribution in [1.29, 1.82) is 0 Å². The van der Waals surface area contributed by atoms with Crippen LogP contribution in [0.3, 0.4) is 0 Å². The molecule has 156 valence electrons. The van der Waals surface area contributed by atoms with Gasteiger partial charge in [-0.3, -0.25) is 0 Å². The maximum Gasteiger partial charge on any atom is 0.164 e. The smallest absolute Gasteiger partial charge is 0.164 e. The van der Waals surface area contributed by atoms with E-state index in [1.165, 1.54) is 34.7 Å². The van der Waals surface area contributed by atoms with Crippen LogP contribution >= 0.6 is 0 Å². The fourth-order valence-electron chi connectivity index (χ4n) is 5.21. The lowest BCUT2D eigenvalue weighted by molar-refractivity contribution is 0.0187. The van der Waals surface area contributed by atoms with Crippen LogP contribution in [0, 0.1) is 0 Å². The highest BCUT2D eigenvalue weighted by molar-refractivity contribution is 5.85. The second-order valence-electron chi connectivity index (χ2n) is 8.46. The second-order valence-corrected chi connectivity index (χ2v) is 8.46. The van der Waals surface area contributed by atoms with Crippen molar-refractivity contribution in [2.24, 2.45) is 0 Å². The van der Waals surface area contributed by atoms with Gasteiger partial charge in [-0.1, -0.05) is 42.5 Å². The largest absolute Gasteiger partial charge is 0.493 e. The molecule has 0 bridgehead atoms. The van der Waals surface area contributed by atoms with E-state index in [-0.39, 0.29) is 11.6 Å². The minimum absolute atomic E-state index is 0.142. The fourth-order valence-corrected chi connectivity index (χ4v) is 5.21. The Kier molecular flexibility index (Phi) is 5.03. The zero-order chi connectivity index (χ0) is 20.6. The molecule has 3 aromatic rings. The molecule has 1 heterocycles. The molecule has 1 aliphatic heterocycles. The highest BCUT2D eigenvalue weighted by atomic mass is 16.5. The SMILES string of the molecule is COc1cc2c(cc1OC)OC1(CCCC1)C(NCc1cccc3ccccc13)C2. The van der Waals surface area contributed by atoms with Crippen LogP contribution < -0.4 is 19.5 Å². The minimum Gasteiger partial charge on any atom is -0.493 e. The van der Waals surface area contributed by atoms with E-state index < -0.39 is 0 Å². The first-order chi connectivity index (χ1) is 14.7. The Morgan fingerprint density at radius 1 is 0.967 bits per heavy atom. The van der Waals surface area contributed by atoms with Gasteiger partial charge in [-0.15, -0.1) is 0 Å². The van der Waals surface area contributed by atoms with E-state index in [4.69, 9.17) is 14.2 Å². The van der Waals surface area contributed by atoms with Crippen molar-refractivity contribution >= 4 is 10.8 Å². The predicted octanol–water partition coefficient (Wildman–Crippen LogP) is 5.26. The van der Waals surface area contributed by atoms with E-state index in [2.05, 4.69) is 53.8 Å². The summed E-state index contributed by atoms with van der Waals surface area (Å²) in [5.41, 5.74) is 2.37. The summed E-state index contributed by atoms with van der Waals surface area (Å²) in [6.07, 6.45) is 5.55. The number of benzene rings is 3. The monoisotopic (exact) mass is 403 g/mol. The molecule has 4 heteroatoms. The Morgan fingerprint density at radius 2 is 1.70 bits per heavy atom. The Balaban J connectivity index is 1.45. The molecule has 0 radical (unpaired) electrons. The molecular weight excluding hydrogens is 374 g/mol. The second kappa shape index (κ2) is 7.84. The predicted molar refractivity (Wildman–Crippen MR) is 120 cm³/mol. The van der Waals surface area contributed by atoms with Crippen LogP contribution in [0.1, 0.15) is 36.8 Å². The molecule has 1 unspecified atom stereocenters. The van der Waals surface area contributed by atoms with Crippen molar-refractivity contribution in [3.05, 3.63) is 65.7 Å². The topological polar surface area (TPSA) is 39.7 Å². The first-order valence-corrected chi connectivity index (χ1v) is 10.9. The lowest BCUT2D eigenvalue weighted by Crippen LogP contribution is -2.56. The van der Waals surface area contributed by atoms with Crippen LogP contribution in [0.2, 0.25) is 0 Å². The first-order valence-electron chi connectivity index (χ1n) is 10.9.